The maximum Gasteiger partial charge on any atom is 0.193 e. The van der Waals surface area contributed by atoms with E-state index in [0.29, 0.717) is 17.8 Å². The summed E-state index contributed by atoms with van der Waals surface area (Å²) in [5, 5.41) is 0. The molecule has 1 aromatic heterocycles. The van der Waals surface area contributed by atoms with Crippen LogP contribution in [0, 0.1) is 13.8 Å². The number of rotatable bonds is 4. The number of likely N-dealkylation sites (tertiary alicyclic amines) is 1. The van der Waals surface area contributed by atoms with E-state index < -0.39 is 0 Å². The summed E-state index contributed by atoms with van der Waals surface area (Å²) in [5.41, 5.74) is 2.88. The van der Waals surface area contributed by atoms with Gasteiger partial charge in [-0.25, -0.2) is 0 Å². The summed E-state index contributed by atoms with van der Waals surface area (Å²) in [5.74, 6) is 0.116. The van der Waals surface area contributed by atoms with Crippen molar-refractivity contribution in [2.24, 2.45) is 0 Å². The Morgan fingerprint density at radius 1 is 1.10 bits per heavy atom. The summed E-state index contributed by atoms with van der Waals surface area (Å²) < 4.78 is 0. The second-order valence-electron chi connectivity index (χ2n) is 5.79. The zero-order chi connectivity index (χ0) is 14.7. The number of carbonyl (C=O) groups is 2. The third-order valence-electron chi connectivity index (χ3n) is 4.13. The average molecular weight is 276 g/mol. The van der Waals surface area contributed by atoms with E-state index in [-0.39, 0.29) is 11.6 Å². The summed E-state index contributed by atoms with van der Waals surface area (Å²) in [6.45, 7) is 7.72. The minimum Gasteiger partial charge on any atom is -0.355 e. The Morgan fingerprint density at radius 3 is 2.20 bits per heavy atom. The van der Waals surface area contributed by atoms with Gasteiger partial charge >= 0.3 is 0 Å². The molecule has 1 fully saturated rings. The van der Waals surface area contributed by atoms with E-state index in [9.17, 15) is 9.59 Å². The number of hydrogen-bond acceptors (Lipinski definition) is 3. The number of carbonyl (C=O) groups excluding carboxylic acids is 2. The number of H-pyrrole nitrogens is 1. The van der Waals surface area contributed by atoms with E-state index >= 15 is 0 Å². The lowest BCUT2D eigenvalue weighted by atomic mass is 10.1. The van der Waals surface area contributed by atoms with Gasteiger partial charge in [0.15, 0.2) is 11.6 Å². The number of Topliss-reactive ketones (excluding diaryl/α,β-unsaturated/α-hetero) is 2. The van der Waals surface area contributed by atoms with Gasteiger partial charge in [-0.15, -0.1) is 0 Å². The van der Waals surface area contributed by atoms with Crippen LogP contribution < -0.4 is 0 Å². The molecule has 2 rings (SSSR count). The molecule has 2 heterocycles. The van der Waals surface area contributed by atoms with Crippen molar-refractivity contribution in [3.05, 3.63) is 22.5 Å². The van der Waals surface area contributed by atoms with Gasteiger partial charge in [0.05, 0.1) is 12.2 Å². The molecule has 1 aliphatic rings. The highest BCUT2D eigenvalue weighted by molar-refractivity contribution is 6.03. The van der Waals surface area contributed by atoms with Crippen LogP contribution in [0.5, 0.6) is 0 Å². The number of nitrogens with one attached hydrogen (secondary N) is 1. The number of aromatic nitrogens is 1. The molecule has 1 aliphatic heterocycles. The number of hydrogen-bond donors (Lipinski definition) is 1. The highest BCUT2D eigenvalue weighted by atomic mass is 16.1. The Labute approximate surface area is 120 Å². The molecule has 1 aromatic rings. The van der Waals surface area contributed by atoms with Crippen molar-refractivity contribution < 1.29 is 9.59 Å². The zero-order valence-electron chi connectivity index (χ0n) is 12.7. The van der Waals surface area contributed by atoms with Crippen LogP contribution in [0.4, 0.5) is 0 Å². The van der Waals surface area contributed by atoms with Crippen LogP contribution in [0.25, 0.3) is 0 Å². The first-order valence-corrected chi connectivity index (χ1v) is 7.46. The molecular weight excluding hydrogens is 252 g/mol. The topological polar surface area (TPSA) is 53.2 Å². The predicted octanol–water partition coefficient (Wildman–Crippen LogP) is 2.89. The lowest BCUT2D eigenvalue weighted by Gasteiger charge is -2.18. The number of aromatic amines is 1. The van der Waals surface area contributed by atoms with Crippen LogP contribution in [-0.2, 0) is 0 Å². The maximum absolute atomic E-state index is 12.4. The van der Waals surface area contributed by atoms with Crippen LogP contribution in [0.15, 0.2) is 0 Å². The van der Waals surface area contributed by atoms with E-state index in [1.54, 1.807) is 6.92 Å². The fourth-order valence-corrected chi connectivity index (χ4v) is 3.13. The van der Waals surface area contributed by atoms with Gasteiger partial charge in [-0.3, -0.25) is 14.5 Å². The van der Waals surface area contributed by atoms with Gasteiger partial charge in [0.1, 0.15) is 0 Å². The first kappa shape index (κ1) is 15.0. The van der Waals surface area contributed by atoms with Crippen LogP contribution in [-0.4, -0.2) is 41.1 Å². The van der Waals surface area contributed by atoms with Gasteiger partial charge in [-0.2, -0.15) is 0 Å². The van der Waals surface area contributed by atoms with Crippen molar-refractivity contribution in [2.45, 2.75) is 46.5 Å². The predicted molar refractivity (Wildman–Crippen MR) is 79.5 cm³/mol. The Hall–Kier alpha value is -1.42. The van der Waals surface area contributed by atoms with Crippen molar-refractivity contribution in [1.82, 2.24) is 9.88 Å². The van der Waals surface area contributed by atoms with E-state index in [1.165, 1.54) is 25.7 Å². The van der Waals surface area contributed by atoms with E-state index in [0.717, 1.165) is 24.3 Å². The molecule has 1 saturated heterocycles. The van der Waals surface area contributed by atoms with E-state index in [2.05, 4.69) is 9.88 Å². The molecule has 4 heteroatoms. The first-order chi connectivity index (χ1) is 9.50. The third-order valence-corrected chi connectivity index (χ3v) is 4.13. The maximum atomic E-state index is 12.4. The molecule has 0 spiro atoms. The van der Waals surface area contributed by atoms with Crippen LogP contribution in [0.1, 0.15) is 64.7 Å². The fourth-order valence-electron chi connectivity index (χ4n) is 3.13. The van der Waals surface area contributed by atoms with Crippen molar-refractivity contribution in [2.75, 3.05) is 19.6 Å². The van der Waals surface area contributed by atoms with Crippen LogP contribution in [0.2, 0.25) is 0 Å². The zero-order valence-corrected chi connectivity index (χ0v) is 12.7. The molecule has 0 aliphatic carbocycles. The standard InChI is InChI=1S/C16H24N2O2/c1-11-15(13(3)19)12(2)17-16(11)14(20)10-18-8-6-4-5-7-9-18/h17H,4-10H2,1-3H3. The highest BCUT2D eigenvalue weighted by Crippen LogP contribution is 2.19. The van der Waals surface area contributed by atoms with Crippen molar-refractivity contribution in [3.63, 3.8) is 0 Å². The quantitative estimate of drug-likeness (QED) is 0.860. The molecular formula is C16H24N2O2. The highest BCUT2D eigenvalue weighted by Gasteiger charge is 2.21. The van der Waals surface area contributed by atoms with Crippen molar-refractivity contribution in [3.8, 4) is 0 Å². The fraction of sp³-hybridized carbons (Fsp3) is 0.625. The summed E-state index contributed by atoms with van der Waals surface area (Å²) in [6, 6.07) is 0. The number of nitrogens with zero attached hydrogens (tertiary/aromatic N) is 1. The minimum absolute atomic E-state index is 0.0186. The molecule has 0 amide bonds. The lowest BCUT2D eigenvalue weighted by Crippen LogP contribution is -2.31. The molecule has 4 nitrogen and oxygen atoms in total. The van der Waals surface area contributed by atoms with Crippen LogP contribution >= 0.6 is 0 Å². The SMILES string of the molecule is CC(=O)c1c(C)[nH]c(C(=O)CN2CCCCCC2)c1C. The van der Waals surface area contributed by atoms with Crippen molar-refractivity contribution >= 4 is 11.6 Å². The monoisotopic (exact) mass is 276 g/mol. The molecule has 0 saturated carbocycles. The molecule has 1 N–H and O–H groups in total. The molecule has 0 aromatic carbocycles. The lowest BCUT2D eigenvalue weighted by molar-refractivity contribution is 0.0928. The van der Waals surface area contributed by atoms with Gasteiger partial charge in [-0.1, -0.05) is 12.8 Å². The average Bonchev–Trinajstić information content (AvgIpc) is 2.55. The van der Waals surface area contributed by atoms with Gasteiger partial charge in [-0.05, 0) is 52.3 Å². The van der Waals surface area contributed by atoms with Gasteiger partial charge in [0, 0.05) is 11.3 Å². The Balaban J connectivity index is 2.13. The Bertz CT molecular complexity index is 509. The normalized spacial score (nSPS) is 16.9. The summed E-state index contributed by atoms with van der Waals surface area (Å²) in [7, 11) is 0. The summed E-state index contributed by atoms with van der Waals surface area (Å²) in [4.78, 5) is 29.4. The smallest absolute Gasteiger partial charge is 0.193 e. The van der Waals surface area contributed by atoms with Crippen molar-refractivity contribution in [1.29, 1.82) is 0 Å². The van der Waals surface area contributed by atoms with Gasteiger partial charge in [0.2, 0.25) is 0 Å². The van der Waals surface area contributed by atoms with Crippen LogP contribution in [0.3, 0.4) is 0 Å². The van der Waals surface area contributed by atoms with Gasteiger partial charge in [0.25, 0.3) is 0 Å². The summed E-state index contributed by atoms with van der Waals surface area (Å²) in [6.07, 6.45) is 4.88. The minimum atomic E-state index is 0.0186. The number of aryl methyl sites for hydroxylation is 1. The molecule has 0 unspecified atom stereocenters. The molecule has 20 heavy (non-hydrogen) atoms. The Kier molecular flexibility index (Phi) is 4.76. The second-order valence-corrected chi connectivity index (χ2v) is 5.79. The largest absolute Gasteiger partial charge is 0.355 e. The third kappa shape index (κ3) is 3.18. The first-order valence-electron chi connectivity index (χ1n) is 7.46. The van der Waals surface area contributed by atoms with E-state index in [4.69, 9.17) is 0 Å². The van der Waals surface area contributed by atoms with Gasteiger partial charge < -0.3 is 4.98 Å². The molecule has 110 valence electrons. The molecule has 0 atom stereocenters. The molecule has 0 bridgehead atoms. The summed E-state index contributed by atoms with van der Waals surface area (Å²) >= 11 is 0. The second kappa shape index (κ2) is 6.35. The number of ketones is 2. The Morgan fingerprint density at radius 2 is 1.70 bits per heavy atom. The molecule has 0 radical (unpaired) electrons. The van der Waals surface area contributed by atoms with E-state index in [1.807, 2.05) is 13.8 Å².